The van der Waals surface area contributed by atoms with Gasteiger partial charge in [-0.3, -0.25) is 0 Å². The Kier molecular flexibility index (Phi) is 4.56. The molecule has 5 nitrogen and oxygen atoms in total. The van der Waals surface area contributed by atoms with Gasteiger partial charge in [-0.2, -0.15) is 0 Å². The standard InChI is InChI=1S/C25H24ClN3O2/c1-15-2-4-16(5-3-15)12-29-13-20-24(17-6-8-18(26)9-7-17)27-28-25(20)19-10-22-23(11-21(19)29)31-14-30-22/h2-11,20,24-25,27-28H,12-14H2,1H3. The summed E-state index contributed by atoms with van der Waals surface area (Å²) in [6.07, 6.45) is 0. The van der Waals surface area contributed by atoms with Crippen LogP contribution in [-0.4, -0.2) is 13.3 Å². The first-order valence-electron chi connectivity index (χ1n) is 10.7. The molecule has 3 aliphatic rings. The van der Waals surface area contributed by atoms with Crippen molar-refractivity contribution >= 4 is 17.3 Å². The van der Waals surface area contributed by atoms with Crippen LogP contribution in [0.5, 0.6) is 11.5 Å². The Morgan fingerprint density at radius 2 is 1.65 bits per heavy atom. The molecule has 0 aliphatic carbocycles. The largest absolute Gasteiger partial charge is 0.454 e. The number of halogens is 1. The van der Waals surface area contributed by atoms with E-state index in [1.54, 1.807) is 0 Å². The predicted octanol–water partition coefficient (Wildman–Crippen LogP) is 4.90. The first-order chi connectivity index (χ1) is 15.2. The van der Waals surface area contributed by atoms with Crippen LogP contribution in [0.25, 0.3) is 0 Å². The zero-order chi connectivity index (χ0) is 20.9. The highest BCUT2D eigenvalue weighted by atomic mass is 35.5. The summed E-state index contributed by atoms with van der Waals surface area (Å²) in [6, 6.07) is 21.6. The highest BCUT2D eigenvalue weighted by molar-refractivity contribution is 6.30. The summed E-state index contributed by atoms with van der Waals surface area (Å²) >= 11 is 6.13. The number of ether oxygens (including phenoxy) is 2. The van der Waals surface area contributed by atoms with Crippen molar-refractivity contribution in [1.82, 2.24) is 10.9 Å². The molecule has 1 fully saturated rings. The monoisotopic (exact) mass is 433 g/mol. The average molecular weight is 434 g/mol. The third kappa shape index (κ3) is 3.33. The second-order valence-corrected chi connectivity index (χ2v) is 9.03. The van der Waals surface area contributed by atoms with E-state index in [9.17, 15) is 0 Å². The molecule has 0 aromatic heterocycles. The topological polar surface area (TPSA) is 45.8 Å². The zero-order valence-corrected chi connectivity index (χ0v) is 18.0. The first-order valence-corrected chi connectivity index (χ1v) is 11.0. The zero-order valence-electron chi connectivity index (χ0n) is 17.3. The minimum Gasteiger partial charge on any atom is -0.454 e. The minimum absolute atomic E-state index is 0.194. The number of fused-ring (bicyclic) bond motifs is 4. The Balaban J connectivity index is 1.39. The van der Waals surface area contributed by atoms with Crippen LogP contribution in [-0.2, 0) is 6.54 Å². The maximum Gasteiger partial charge on any atom is 0.231 e. The lowest BCUT2D eigenvalue weighted by molar-refractivity contribution is 0.174. The second-order valence-electron chi connectivity index (χ2n) is 8.59. The summed E-state index contributed by atoms with van der Waals surface area (Å²) in [7, 11) is 0. The molecule has 3 atom stereocenters. The lowest BCUT2D eigenvalue weighted by Crippen LogP contribution is -2.39. The molecule has 6 rings (SSSR count). The Labute approximate surface area is 186 Å². The van der Waals surface area contributed by atoms with Gasteiger partial charge in [-0.05, 0) is 41.8 Å². The van der Waals surface area contributed by atoms with Crippen LogP contribution < -0.4 is 25.2 Å². The van der Waals surface area contributed by atoms with E-state index in [2.05, 4.69) is 71.2 Å². The summed E-state index contributed by atoms with van der Waals surface area (Å²) in [5.41, 5.74) is 13.4. The molecule has 3 unspecified atom stereocenters. The van der Waals surface area contributed by atoms with E-state index < -0.39 is 0 Å². The lowest BCUT2D eigenvalue weighted by atomic mass is 9.81. The number of rotatable bonds is 3. The van der Waals surface area contributed by atoms with Crippen LogP contribution in [0.3, 0.4) is 0 Å². The fraction of sp³-hybridized carbons (Fsp3) is 0.280. The van der Waals surface area contributed by atoms with Crippen LogP contribution in [0.15, 0.2) is 60.7 Å². The van der Waals surface area contributed by atoms with Crippen molar-refractivity contribution < 1.29 is 9.47 Å². The molecular weight excluding hydrogens is 410 g/mol. The molecule has 158 valence electrons. The van der Waals surface area contributed by atoms with E-state index in [0.717, 1.165) is 29.6 Å². The molecule has 0 spiro atoms. The fourth-order valence-electron chi connectivity index (χ4n) is 4.99. The fourth-order valence-corrected chi connectivity index (χ4v) is 5.12. The van der Waals surface area contributed by atoms with E-state index in [-0.39, 0.29) is 18.9 Å². The molecule has 6 heteroatoms. The van der Waals surface area contributed by atoms with Gasteiger partial charge in [0, 0.05) is 35.8 Å². The van der Waals surface area contributed by atoms with Crippen molar-refractivity contribution in [2.24, 2.45) is 5.92 Å². The minimum atomic E-state index is 0.194. The average Bonchev–Trinajstić information content (AvgIpc) is 3.41. The Morgan fingerprint density at radius 1 is 0.935 bits per heavy atom. The highest BCUT2D eigenvalue weighted by Gasteiger charge is 2.44. The van der Waals surface area contributed by atoms with Gasteiger partial charge < -0.3 is 14.4 Å². The molecule has 3 aromatic rings. The number of hydrogen-bond acceptors (Lipinski definition) is 5. The van der Waals surface area contributed by atoms with Gasteiger partial charge in [0.2, 0.25) is 6.79 Å². The van der Waals surface area contributed by atoms with Gasteiger partial charge in [0.05, 0.1) is 12.1 Å². The Bertz CT molecular complexity index is 1120. The van der Waals surface area contributed by atoms with Gasteiger partial charge in [-0.25, -0.2) is 10.9 Å². The number of anilines is 1. The summed E-state index contributed by atoms with van der Waals surface area (Å²) < 4.78 is 11.4. The summed E-state index contributed by atoms with van der Waals surface area (Å²) in [6.45, 7) is 4.18. The molecule has 31 heavy (non-hydrogen) atoms. The molecule has 0 saturated carbocycles. The third-order valence-corrected chi connectivity index (χ3v) is 6.85. The smallest absolute Gasteiger partial charge is 0.231 e. The maximum atomic E-state index is 6.13. The number of nitrogens with one attached hydrogen (secondary N) is 2. The molecule has 3 aliphatic heterocycles. The Hall–Kier alpha value is -2.73. The van der Waals surface area contributed by atoms with E-state index in [1.807, 2.05) is 12.1 Å². The summed E-state index contributed by atoms with van der Waals surface area (Å²) in [5.74, 6) is 2.01. The third-order valence-electron chi connectivity index (χ3n) is 6.60. The van der Waals surface area contributed by atoms with Crippen molar-refractivity contribution in [2.45, 2.75) is 25.6 Å². The van der Waals surface area contributed by atoms with Crippen molar-refractivity contribution in [3.05, 3.63) is 87.9 Å². The molecule has 2 N–H and O–H groups in total. The number of benzene rings is 3. The molecule has 1 saturated heterocycles. The van der Waals surface area contributed by atoms with Crippen LogP contribution in [0, 0.1) is 12.8 Å². The maximum absolute atomic E-state index is 6.13. The SMILES string of the molecule is Cc1ccc(CN2CC3C(c4ccc(Cl)cc4)NNC3c3cc4c(cc32)OCO4)cc1. The molecule has 0 bridgehead atoms. The van der Waals surface area contributed by atoms with E-state index in [1.165, 1.54) is 27.9 Å². The van der Waals surface area contributed by atoms with Crippen molar-refractivity contribution in [2.75, 3.05) is 18.2 Å². The quantitative estimate of drug-likeness (QED) is 0.615. The summed E-state index contributed by atoms with van der Waals surface area (Å²) in [5, 5.41) is 0.758. The van der Waals surface area contributed by atoms with Crippen molar-refractivity contribution in [1.29, 1.82) is 0 Å². The van der Waals surface area contributed by atoms with Crippen LogP contribution >= 0.6 is 11.6 Å². The summed E-state index contributed by atoms with van der Waals surface area (Å²) in [4.78, 5) is 2.47. The molecular formula is C25H24ClN3O2. The molecule has 0 radical (unpaired) electrons. The first kappa shape index (κ1) is 19.0. The number of nitrogens with zero attached hydrogens (tertiary/aromatic N) is 1. The van der Waals surface area contributed by atoms with Gasteiger partial charge in [-0.1, -0.05) is 53.6 Å². The van der Waals surface area contributed by atoms with Crippen molar-refractivity contribution in [3.8, 4) is 11.5 Å². The van der Waals surface area contributed by atoms with Gasteiger partial charge in [0.1, 0.15) is 0 Å². The molecule has 3 aromatic carbocycles. The van der Waals surface area contributed by atoms with Gasteiger partial charge >= 0.3 is 0 Å². The molecule has 3 heterocycles. The van der Waals surface area contributed by atoms with Gasteiger partial charge in [-0.15, -0.1) is 0 Å². The number of hydrazine groups is 1. The highest BCUT2D eigenvalue weighted by Crippen LogP contribution is 2.49. The van der Waals surface area contributed by atoms with E-state index in [4.69, 9.17) is 21.1 Å². The van der Waals surface area contributed by atoms with Crippen LogP contribution in [0.1, 0.15) is 34.3 Å². The Morgan fingerprint density at radius 3 is 2.42 bits per heavy atom. The predicted molar refractivity (Wildman–Crippen MR) is 121 cm³/mol. The second kappa shape index (κ2) is 7.45. The number of hydrogen-bond donors (Lipinski definition) is 2. The van der Waals surface area contributed by atoms with Crippen LogP contribution in [0.2, 0.25) is 5.02 Å². The lowest BCUT2D eigenvalue weighted by Gasteiger charge is -2.39. The van der Waals surface area contributed by atoms with E-state index in [0.29, 0.717) is 5.92 Å². The number of aryl methyl sites for hydroxylation is 1. The molecule has 0 amide bonds. The van der Waals surface area contributed by atoms with E-state index >= 15 is 0 Å². The van der Waals surface area contributed by atoms with Gasteiger partial charge in [0.25, 0.3) is 0 Å². The van der Waals surface area contributed by atoms with Crippen molar-refractivity contribution in [3.63, 3.8) is 0 Å². The van der Waals surface area contributed by atoms with Crippen LogP contribution in [0.4, 0.5) is 5.69 Å². The van der Waals surface area contributed by atoms with Gasteiger partial charge in [0.15, 0.2) is 11.5 Å². The normalized spacial score (nSPS) is 23.5.